The predicted molar refractivity (Wildman–Crippen MR) is 113 cm³/mol. The average Bonchev–Trinajstić information content (AvgIpc) is 3.22. The van der Waals surface area contributed by atoms with E-state index in [9.17, 15) is 9.59 Å². The molecule has 2 N–H and O–H groups in total. The number of rotatable bonds is 4. The Kier molecular flexibility index (Phi) is 5.89. The van der Waals surface area contributed by atoms with Gasteiger partial charge in [-0.1, -0.05) is 23.7 Å². The maximum absolute atomic E-state index is 12.2. The number of piperazine rings is 1. The zero-order valence-corrected chi connectivity index (χ0v) is 17.0. The Hall–Kier alpha value is -2.75. The Labute approximate surface area is 176 Å². The lowest BCUT2D eigenvalue weighted by molar-refractivity contribution is -0.123. The topological polar surface area (TPSA) is 90.5 Å². The number of carbonyl (C=O) groups is 2. The highest BCUT2D eigenvalue weighted by Crippen LogP contribution is 2.27. The number of carbonyl (C=O) groups excluding carboxylic acids is 2. The molecule has 0 aliphatic carbocycles. The van der Waals surface area contributed by atoms with Gasteiger partial charge < -0.3 is 4.90 Å². The van der Waals surface area contributed by atoms with Crippen LogP contribution in [-0.2, 0) is 4.79 Å². The summed E-state index contributed by atoms with van der Waals surface area (Å²) in [6, 6.07) is 8.71. The quantitative estimate of drug-likeness (QED) is 0.615. The molecule has 29 heavy (non-hydrogen) atoms. The van der Waals surface area contributed by atoms with Crippen LogP contribution in [0.25, 0.3) is 10.2 Å². The molecule has 150 valence electrons. The second-order valence-electron chi connectivity index (χ2n) is 6.58. The first-order valence-corrected chi connectivity index (χ1v) is 10.4. The van der Waals surface area contributed by atoms with Crippen molar-refractivity contribution in [1.29, 1.82) is 0 Å². The van der Waals surface area contributed by atoms with Gasteiger partial charge in [0.1, 0.15) is 17.0 Å². The molecule has 0 bridgehead atoms. The van der Waals surface area contributed by atoms with Crippen molar-refractivity contribution in [3.63, 3.8) is 0 Å². The molecule has 0 atom stereocenters. The van der Waals surface area contributed by atoms with Gasteiger partial charge >= 0.3 is 0 Å². The fraction of sp³-hybridized carbons (Fsp3) is 0.263. The summed E-state index contributed by atoms with van der Waals surface area (Å²) in [5.74, 6) is 0.214. The molecule has 3 heterocycles. The third-order valence-corrected chi connectivity index (χ3v) is 5.86. The lowest BCUT2D eigenvalue weighted by atomic mass is 10.2. The summed E-state index contributed by atoms with van der Waals surface area (Å²) in [4.78, 5) is 38.3. The zero-order valence-electron chi connectivity index (χ0n) is 15.5. The molecule has 0 unspecified atom stereocenters. The van der Waals surface area contributed by atoms with E-state index in [4.69, 9.17) is 11.6 Å². The van der Waals surface area contributed by atoms with E-state index < -0.39 is 5.91 Å². The highest BCUT2D eigenvalue weighted by atomic mass is 35.5. The predicted octanol–water partition coefficient (Wildman–Crippen LogP) is 1.93. The smallest absolute Gasteiger partial charge is 0.271 e. The number of amides is 2. The minimum absolute atomic E-state index is 0.203. The second kappa shape index (κ2) is 8.73. The largest absolute Gasteiger partial charge is 0.353 e. The number of aromatic nitrogens is 2. The minimum atomic E-state index is -0.447. The number of nitrogens with one attached hydrogen (secondary N) is 2. The third-order valence-electron chi connectivity index (χ3n) is 4.71. The van der Waals surface area contributed by atoms with E-state index in [2.05, 4.69) is 25.7 Å². The van der Waals surface area contributed by atoms with E-state index in [-0.39, 0.29) is 12.5 Å². The van der Waals surface area contributed by atoms with E-state index >= 15 is 0 Å². The fourth-order valence-corrected chi connectivity index (χ4v) is 4.18. The van der Waals surface area contributed by atoms with Gasteiger partial charge in [-0.3, -0.25) is 25.3 Å². The Balaban J connectivity index is 1.26. The van der Waals surface area contributed by atoms with Gasteiger partial charge in [-0.2, -0.15) is 0 Å². The van der Waals surface area contributed by atoms with Crippen LogP contribution >= 0.6 is 22.9 Å². The van der Waals surface area contributed by atoms with E-state index in [1.165, 1.54) is 0 Å². The lowest BCUT2D eigenvalue weighted by Crippen LogP contribution is -2.52. The summed E-state index contributed by atoms with van der Waals surface area (Å²) in [6.45, 7) is 3.18. The first-order chi connectivity index (χ1) is 14.1. The van der Waals surface area contributed by atoms with Crippen molar-refractivity contribution >= 4 is 50.8 Å². The maximum Gasteiger partial charge on any atom is 0.271 e. The van der Waals surface area contributed by atoms with Gasteiger partial charge in [-0.15, -0.1) is 11.3 Å². The number of thiophene rings is 1. The van der Waals surface area contributed by atoms with Crippen LogP contribution in [-0.4, -0.2) is 59.4 Å². The lowest BCUT2D eigenvalue weighted by Gasteiger charge is -2.35. The highest BCUT2D eigenvalue weighted by Gasteiger charge is 2.22. The van der Waals surface area contributed by atoms with Crippen LogP contribution in [0, 0.1) is 0 Å². The molecule has 3 aromatic rings. The summed E-state index contributed by atoms with van der Waals surface area (Å²) >= 11 is 7.59. The summed E-state index contributed by atoms with van der Waals surface area (Å²) in [5, 5.41) is 3.41. The van der Waals surface area contributed by atoms with E-state index in [1.807, 2.05) is 16.3 Å². The summed E-state index contributed by atoms with van der Waals surface area (Å²) in [5.41, 5.74) is 5.17. The van der Waals surface area contributed by atoms with E-state index in [1.54, 1.807) is 41.9 Å². The van der Waals surface area contributed by atoms with Crippen LogP contribution in [0.4, 0.5) is 5.82 Å². The average molecular weight is 431 g/mol. The Morgan fingerprint density at radius 2 is 1.86 bits per heavy atom. The molecule has 0 saturated carbocycles. The maximum atomic E-state index is 12.2. The molecule has 2 aromatic heterocycles. The van der Waals surface area contributed by atoms with Crippen molar-refractivity contribution in [2.24, 2.45) is 0 Å². The molecule has 1 aliphatic rings. The molecular weight excluding hydrogens is 412 g/mol. The minimum Gasteiger partial charge on any atom is -0.353 e. The first kappa shape index (κ1) is 19.6. The van der Waals surface area contributed by atoms with Crippen molar-refractivity contribution < 1.29 is 9.59 Å². The molecule has 10 heteroatoms. The number of nitrogens with zero attached hydrogens (tertiary/aromatic N) is 4. The van der Waals surface area contributed by atoms with Crippen LogP contribution in [0.5, 0.6) is 0 Å². The van der Waals surface area contributed by atoms with Gasteiger partial charge in [-0.25, -0.2) is 9.97 Å². The monoisotopic (exact) mass is 430 g/mol. The molecular formula is C19H19ClN6O2S. The van der Waals surface area contributed by atoms with Crippen molar-refractivity contribution in [2.75, 3.05) is 37.6 Å². The van der Waals surface area contributed by atoms with Gasteiger partial charge in [0.25, 0.3) is 11.8 Å². The molecule has 2 amide bonds. The molecule has 8 nitrogen and oxygen atoms in total. The number of fused-ring (bicyclic) bond motifs is 1. The van der Waals surface area contributed by atoms with Crippen molar-refractivity contribution in [2.45, 2.75) is 0 Å². The fourth-order valence-electron chi connectivity index (χ4n) is 3.23. The van der Waals surface area contributed by atoms with Crippen LogP contribution in [0.1, 0.15) is 10.4 Å². The summed E-state index contributed by atoms with van der Waals surface area (Å²) < 4.78 is 0. The molecule has 4 rings (SSSR count). The van der Waals surface area contributed by atoms with Crippen molar-refractivity contribution in [3.8, 4) is 0 Å². The van der Waals surface area contributed by atoms with Crippen LogP contribution in [0.3, 0.4) is 0 Å². The molecule has 1 saturated heterocycles. The Bertz CT molecular complexity index is 1030. The van der Waals surface area contributed by atoms with Crippen molar-refractivity contribution in [3.05, 3.63) is 52.6 Å². The van der Waals surface area contributed by atoms with Crippen LogP contribution in [0.2, 0.25) is 5.02 Å². The number of benzene rings is 1. The molecule has 0 spiro atoms. The zero-order chi connectivity index (χ0) is 20.2. The standard InChI is InChI=1S/C19H19ClN6O2S/c20-15-4-2-1-3-13(15)18(28)24-23-16(27)11-25-6-8-26(9-7-25)17-14-5-10-29-19(14)22-12-21-17/h1-5,10,12H,6-9,11H2,(H,23,27)(H,24,28). The summed E-state index contributed by atoms with van der Waals surface area (Å²) in [7, 11) is 0. The van der Waals surface area contributed by atoms with Gasteiger partial charge in [0.15, 0.2) is 0 Å². The SMILES string of the molecule is O=C(CN1CCN(c2ncnc3sccc23)CC1)NNC(=O)c1ccccc1Cl. The van der Waals surface area contributed by atoms with Gasteiger partial charge in [0.2, 0.25) is 0 Å². The van der Waals surface area contributed by atoms with Crippen LogP contribution in [0.15, 0.2) is 42.0 Å². The number of anilines is 1. The number of halogens is 1. The van der Waals surface area contributed by atoms with E-state index in [0.29, 0.717) is 10.6 Å². The Morgan fingerprint density at radius 1 is 1.07 bits per heavy atom. The van der Waals surface area contributed by atoms with E-state index in [0.717, 1.165) is 42.2 Å². The normalized spacial score (nSPS) is 14.7. The Morgan fingerprint density at radius 3 is 2.66 bits per heavy atom. The van der Waals surface area contributed by atoms with Gasteiger partial charge in [0, 0.05) is 26.2 Å². The molecule has 1 aromatic carbocycles. The van der Waals surface area contributed by atoms with Gasteiger partial charge in [0.05, 0.1) is 22.5 Å². The highest BCUT2D eigenvalue weighted by molar-refractivity contribution is 7.16. The summed E-state index contributed by atoms with van der Waals surface area (Å²) in [6.07, 6.45) is 1.59. The molecule has 0 radical (unpaired) electrons. The number of hydrazine groups is 1. The second-order valence-corrected chi connectivity index (χ2v) is 7.88. The number of hydrogen-bond donors (Lipinski definition) is 2. The van der Waals surface area contributed by atoms with Crippen molar-refractivity contribution in [1.82, 2.24) is 25.7 Å². The first-order valence-electron chi connectivity index (χ1n) is 9.11. The molecule has 1 fully saturated rings. The third kappa shape index (κ3) is 4.47. The van der Waals surface area contributed by atoms with Gasteiger partial charge in [-0.05, 0) is 23.6 Å². The number of hydrogen-bond acceptors (Lipinski definition) is 7. The molecule has 1 aliphatic heterocycles. The van der Waals surface area contributed by atoms with Crippen LogP contribution < -0.4 is 15.8 Å².